The van der Waals surface area contributed by atoms with Crippen LogP contribution in [-0.4, -0.2) is 61.8 Å². The molecule has 34 heavy (non-hydrogen) atoms. The molecule has 0 saturated carbocycles. The van der Waals surface area contributed by atoms with Crippen molar-refractivity contribution in [1.29, 1.82) is 0 Å². The smallest absolute Gasteiger partial charge is 0.306 e. The van der Waals surface area contributed by atoms with Crippen LogP contribution in [0, 0.1) is 11.8 Å². The van der Waals surface area contributed by atoms with Crippen LogP contribution in [0.5, 0.6) is 5.75 Å². The number of aromatic nitrogens is 4. The minimum Gasteiger partial charge on any atom is -0.481 e. The number of furan rings is 1. The summed E-state index contributed by atoms with van der Waals surface area (Å²) in [5.74, 6) is 7.89. The number of hydrogen-bond donors (Lipinski definition) is 5. The van der Waals surface area contributed by atoms with Gasteiger partial charge < -0.3 is 34.5 Å². The van der Waals surface area contributed by atoms with Crippen LogP contribution in [0.15, 0.2) is 53.1 Å². The third-order valence-electron chi connectivity index (χ3n) is 5.27. The minimum absolute atomic E-state index is 0.150. The second kappa shape index (κ2) is 9.50. The SMILES string of the molecule is OC[C@H]1O[C@H](c2[nH]c3c(Nc4ccco4)nc(C#CCOc4ccccc4)nc3[nH+]2)[C@H](O)[C@@H]1O. The van der Waals surface area contributed by atoms with Gasteiger partial charge in [-0.15, -0.1) is 0 Å². The molecule has 1 aromatic carbocycles. The number of ether oxygens (including phenoxy) is 2. The van der Waals surface area contributed by atoms with Gasteiger partial charge in [0.15, 0.2) is 17.8 Å². The molecule has 0 bridgehead atoms. The van der Waals surface area contributed by atoms with Gasteiger partial charge in [0.25, 0.3) is 5.82 Å². The van der Waals surface area contributed by atoms with E-state index < -0.39 is 31.0 Å². The monoisotopic (exact) mass is 464 g/mol. The van der Waals surface area contributed by atoms with Gasteiger partial charge in [-0.05, 0) is 24.1 Å². The number of para-hydroxylation sites is 1. The Morgan fingerprint density at radius 1 is 1.12 bits per heavy atom. The molecule has 1 aliphatic heterocycles. The minimum atomic E-state index is -1.25. The van der Waals surface area contributed by atoms with E-state index in [4.69, 9.17) is 13.9 Å². The molecule has 1 aliphatic rings. The van der Waals surface area contributed by atoms with Gasteiger partial charge in [0.2, 0.25) is 11.3 Å². The Morgan fingerprint density at radius 2 is 1.97 bits per heavy atom. The maximum Gasteiger partial charge on any atom is 0.306 e. The first-order chi connectivity index (χ1) is 16.6. The molecule has 174 valence electrons. The van der Waals surface area contributed by atoms with E-state index in [-0.39, 0.29) is 12.4 Å². The van der Waals surface area contributed by atoms with Crippen LogP contribution in [0.1, 0.15) is 17.8 Å². The first-order valence-corrected chi connectivity index (χ1v) is 10.5. The number of anilines is 2. The van der Waals surface area contributed by atoms with Crippen molar-refractivity contribution >= 4 is 22.9 Å². The summed E-state index contributed by atoms with van der Waals surface area (Å²) in [6.07, 6.45) is -2.78. The van der Waals surface area contributed by atoms with Crippen LogP contribution in [0.4, 0.5) is 11.7 Å². The molecule has 3 aromatic heterocycles. The van der Waals surface area contributed by atoms with Crippen molar-refractivity contribution in [2.75, 3.05) is 18.5 Å². The van der Waals surface area contributed by atoms with Gasteiger partial charge in [-0.25, -0.2) is 4.98 Å². The molecule has 5 rings (SSSR count). The first-order valence-electron chi connectivity index (χ1n) is 10.5. The molecule has 0 spiro atoms. The maximum absolute atomic E-state index is 10.4. The van der Waals surface area contributed by atoms with Crippen LogP contribution in [0.25, 0.3) is 11.2 Å². The lowest BCUT2D eigenvalue weighted by Gasteiger charge is -2.10. The van der Waals surface area contributed by atoms with Gasteiger partial charge >= 0.3 is 5.65 Å². The van der Waals surface area contributed by atoms with Crippen molar-refractivity contribution in [3.63, 3.8) is 0 Å². The van der Waals surface area contributed by atoms with E-state index in [1.165, 1.54) is 6.26 Å². The number of imidazole rings is 1. The van der Waals surface area contributed by atoms with Gasteiger partial charge in [0.05, 0.1) is 12.9 Å². The maximum atomic E-state index is 10.4. The topological polar surface area (TPSA) is 160 Å². The van der Waals surface area contributed by atoms with E-state index >= 15 is 0 Å². The molecule has 4 aromatic rings. The third-order valence-corrected chi connectivity index (χ3v) is 5.27. The first kappa shape index (κ1) is 21.9. The molecule has 1 saturated heterocycles. The summed E-state index contributed by atoms with van der Waals surface area (Å²) in [6, 6.07) is 12.8. The Morgan fingerprint density at radius 3 is 2.71 bits per heavy atom. The second-order valence-electron chi connectivity index (χ2n) is 7.55. The fourth-order valence-electron chi connectivity index (χ4n) is 3.61. The van der Waals surface area contributed by atoms with Gasteiger partial charge in [-0.1, -0.05) is 29.1 Å². The fraction of sp³-hybridized carbons (Fsp3) is 0.261. The van der Waals surface area contributed by atoms with Crippen LogP contribution in [0.3, 0.4) is 0 Å². The number of hydrogen-bond acceptors (Lipinski definition) is 9. The molecule has 4 atom stereocenters. The highest BCUT2D eigenvalue weighted by Crippen LogP contribution is 2.32. The Hall–Kier alpha value is -3.95. The Balaban J connectivity index is 1.45. The molecular formula is C23H22N5O6+. The van der Waals surface area contributed by atoms with E-state index in [9.17, 15) is 15.3 Å². The van der Waals surface area contributed by atoms with Crippen LogP contribution < -0.4 is 15.0 Å². The summed E-state index contributed by atoms with van der Waals surface area (Å²) in [4.78, 5) is 15.1. The number of fused-ring (bicyclic) bond motifs is 1. The average molecular weight is 464 g/mol. The quantitative estimate of drug-likeness (QED) is 0.259. The highest BCUT2D eigenvalue weighted by molar-refractivity contribution is 5.82. The molecule has 0 unspecified atom stereocenters. The van der Waals surface area contributed by atoms with Crippen LogP contribution in [-0.2, 0) is 4.74 Å². The summed E-state index contributed by atoms with van der Waals surface area (Å²) >= 11 is 0. The number of nitrogens with one attached hydrogen (secondary N) is 3. The van der Waals surface area contributed by atoms with Gasteiger partial charge in [0, 0.05) is 6.07 Å². The lowest BCUT2D eigenvalue weighted by molar-refractivity contribution is -0.374. The standard InChI is InChI=1S/C23H21N5O6/c29-12-14-18(30)19(31)20(34-14)23-27-17-21(26-16-9-5-11-33-16)24-15(25-22(17)28-23)8-4-10-32-13-6-2-1-3-7-13/h1-3,5-7,9,11,14,18-20,29-31H,10,12H2,(H2,24,25,26,27,28)/p+1/t14-,18-,19-,20+/m1/s1. The highest BCUT2D eigenvalue weighted by Gasteiger charge is 2.46. The predicted octanol–water partition coefficient (Wildman–Crippen LogP) is 0.693. The molecule has 11 heteroatoms. The number of aliphatic hydroxyl groups excluding tert-OH is 3. The zero-order valence-corrected chi connectivity index (χ0v) is 17.8. The van der Waals surface area contributed by atoms with E-state index in [1.807, 2.05) is 30.3 Å². The molecular weight excluding hydrogens is 442 g/mol. The van der Waals surface area contributed by atoms with E-state index in [0.717, 1.165) is 0 Å². The Kier molecular flexibility index (Phi) is 6.11. The lowest BCUT2D eigenvalue weighted by Crippen LogP contribution is -2.33. The molecule has 11 nitrogen and oxygen atoms in total. The molecule has 0 radical (unpaired) electrons. The number of aromatic amines is 2. The van der Waals surface area contributed by atoms with E-state index in [0.29, 0.717) is 34.4 Å². The van der Waals surface area contributed by atoms with Crippen molar-refractivity contribution in [3.05, 3.63) is 60.4 Å². The highest BCUT2D eigenvalue weighted by atomic mass is 16.6. The van der Waals surface area contributed by atoms with Crippen molar-refractivity contribution in [2.45, 2.75) is 24.4 Å². The van der Waals surface area contributed by atoms with Crippen LogP contribution >= 0.6 is 0 Å². The van der Waals surface area contributed by atoms with Crippen molar-refractivity contribution in [3.8, 4) is 17.6 Å². The summed E-state index contributed by atoms with van der Waals surface area (Å²) in [5.41, 5.74) is 0.875. The Bertz CT molecular complexity index is 1310. The zero-order valence-electron chi connectivity index (χ0n) is 17.8. The van der Waals surface area contributed by atoms with Gasteiger partial charge in [-0.3, -0.25) is 4.98 Å². The number of H-pyrrole nitrogens is 2. The number of benzene rings is 1. The van der Waals surface area contributed by atoms with E-state index in [2.05, 4.69) is 37.1 Å². The number of aliphatic hydroxyl groups is 3. The average Bonchev–Trinajstić information content (AvgIpc) is 3.58. The van der Waals surface area contributed by atoms with Crippen LogP contribution in [0.2, 0.25) is 0 Å². The molecule has 0 amide bonds. The summed E-state index contributed by atoms with van der Waals surface area (Å²) < 4.78 is 16.5. The van der Waals surface area contributed by atoms with Gasteiger partial charge in [0.1, 0.15) is 30.7 Å². The lowest BCUT2D eigenvalue weighted by atomic mass is 10.1. The van der Waals surface area contributed by atoms with Gasteiger partial charge in [-0.2, -0.15) is 4.98 Å². The third kappa shape index (κ3) is 4.43. The second-order valence-corrected chi connectivity index (χ2v) is 7.55. The molecule has 1 fully saturated rings. The zero-order chi connectivity index (χ0) is 23.5. The molecule has 6 N–H and O–H groups in total. The number of rotatable bonds is 6. The summed E-state index contributed by atoms with van der Waals surface area (Å²) in [7, 11) is 0. The fourth-order valence-corrected chi connectivity index (χ4v) is 3.61. The predicted molar refractivity (Wildman–Crippen MR) is 118 cm³/mol. The van der Waals surface area contributed by atoms with Crippen molar-refractivity contribution < 1.29 is 34.2 Å². The molecule has 4 heterocycles. The normalized spacial score (nSPS) is 21.9. The Labute approximate surface area is 193 Å². The largest absolute Gasteiger partial charge is 0.481 e. The summed E-state index contributed by atoms with van der Waals surface area (Å²) in [5, 5.41) is 32.9. The van der Waals surface area contributed by atoms with Crippen molar-refractivity contribution in [1.82, 2.24) is 15.0 Å². The van der Waals surface area contributed by atoms with E-state index in [1.54, 1.807) is 12.1 Å². The number of nitrogens with zero attached hydrogens (tertiary/aromatic N) is 2. The molecule has 0 aliphatic carbocycles. The summed E-state index contributed by atoms with van der Waals surface area (Å²) in [6.45, 7) is -0.276. The van der Waals surface area contributed by atoms with Crippen molar-refractivity contribution in [2.24, 2.45) is 0 Å².